The van der Waals surface area contributed by atoms with Crippen LogP contribution in [0.4, 0.5) is 4.79 Å². The summed E-state index contributed by atoms with van der Waals surface area (Å²) in [6, 6.07) is 7.09. The molecule has 2 atom stereocenters. The first-order valence-corrected chi connectivity index (χ1v) is 13.6. The van der Waals surface area contributed by atoms with Crippen molar-refractivity contribution in [3.8, 4) is 0 Å². The summed E-state index contributed by atoms with van der Waals surface area (Å²) in [5.74, 6) is -2.47. The van der Waals surface area contributed by atoms with Crippen LogP contribution in [0.5, 0.6) is 0 Å². The molecule has 0 radical (unpaired) electrons. The number of thiol groups is 1. The number of ether oxygens (including phenoxy) is 2. The van der Waals surface area contributed by atoms with Crippen LogP contribution in [-0.4, -0.2) is 82.9 Å². The Morgan fingerprint density at radius 1 is 0.900 bits per heavy atom. The van der Waals surface area contributed by atoms with Crippen LogP contribution in [0.25, 0.3) is 0 Å². The zero-order valence-corrected chi connectivity index (χ0v) is 25.8. The van der Waals surface area contributed by atoms with Gasteiger partial charge < -0.3 is 30.3 Å². The summed E-state index contributed by atoms with van der Waals surface area (Å²) in [6.07, 6.45) is -0.587. The summed E-state index contributed by atoms with van der Waals surface area (Å²) < 4.78 is 10.6. The van der Waals surface area contributed by atoms with Crippen molar-refractivity contribution >= 4 is 42.4 Å². The first kappa shape index (κ1) is 34.7. The lowest BCUT2D eigenvalue weighted by molar-refractivity contribution is -0.159. The Morgan fingerprint density at radius 3 is 1.95 bits per heavy atom. The maximum atomic E-state index is 13.3. The molecule has 0 bridgehead atoms. The van der Waals surface area contributed by atoms with Gasteiger partial charge in [-0.1, -0.05) is 30.3 Å². The number of likely N-dealkylation sites (N-methyl/N-ethyl adjacent to an activating group) is 1. The fourth-order valence-electron chi connectivity index (χ4n) is 3.56. The Hall–Kier alpha value is -3.28. The number of amides is 4. The van der Waals surface area contributed by atoms with E-state index in [9.17, 15) is 24.0 Å². The molecule has 0 fully saturated rings. The standard InChI is InChI=1S/C28H44N4O7S/c1-26(2,3)38-23(35)19(15-18-13-11-10-12-14-18)30-22(34)20(17-40)32(9)24(36)28(7,8)31-21(33)16-29-25(37)39-27(4,5)6/h10-14,19-20,40H,15-17H2,1-9H3,(H,29,37)(H,30,34)(H,31,33)/t19-,20-/m0/s1. The predicted octanol–water partition coefficient (Wildman–Crippen LogP) is 2.23. The van der Waals surface area contributed by atoms with E-state index in [4.69, 9.17) is 9.47 Å². The summed E-state index contributed by atoms with van der Waals surface area (Å²) in [5, 5.41) is 7.60. The Labute approximate surface area is 242 Å². The second-order valence-electron chi connectivity index (χ2n) is 11.9. The number of benzene rings is 1. The van der Waals surface area contributed by atoms with Gasteiger partial charge in [0.1, 0.15) is 35.4 Å². The molecule has 4 amide bonds. The van der Waals surface area contributed by atoms with Crippen molar-refractivity contribution in [2.45, 2.75) is 90.6 Å². The monoisotopic (exact) mass is 580 g/mol. The van der Waals surface area contributed by atoms with Gasteiger partial charge in [-0.05, 0) is 61.0 Å². The second kappa shape index (κ2) is 14.4. The fraction of sp³-hybridized carbons (Fsp3) is 0.607. The quantitative estimate of drug-likeness (QED) is 0.232. The number of hydrogen-bond acceptors (Lipinski definition) is 8. The maximum absolute atomic E-state index is 13.3. The summed E-state index contributed by atoms with van der Waals surface area (Å²) in [5.41, 5.74) is -2.12. The largest absolute Gasteiger partial charge is 0.458 e. The zero-order chi connectivity index (χ0) is 30.9. The molecular weight excluding hydrogens is 536 g/mol. The molecule has 3 N–H and O–H groups in total. The van der Waals surface area contributed by atoms with Gasteiger partial charge in [-0.2, -0.15) is 12.6 Å². The minimum atomic E-state index is -1.43. The van der Waals surface area contributed by atoms with Crippen LogP contribution < -0.4 is 16.0 Å². The number of hydrogen-bond donors (Lipinski definition) is 4. The average Bonchev–Trinajstić information content (AvgIpc) is 2.80. The molecule has 1 rings (SSSR count). The summed E-state index contributed by atoms with van der Waals surface area (Å²) >= 11 is 4.27. The maximum Gasteiger partial charge on any atom is 0.408 e. The van der Waals surface area contributed by atoms with E-state index >= 15 is 0 Å². The Morgan fingerprint density at radius 2 is 1.45 bits per heavy atom. The predicted molar refractivity (Wildman–Crippen MR) is 155 cm³/mol. The smallest absolute Gasteiger partial charge is 0.408 e. The third-order valence-corrected chi connectivity index (χ3v) is 5.68. The Kier molecular flexibility index (Phi) is 12.5. The van der Waals surface area contributed by atoms with Gasteiger partial charge in [-0.3, -0.25) is 14.4 Å². The molecule has 0 unspecified atom stereocenters. The van der Waals surface area contributed by atoms with Crippen LogP contribution in [0.3, 0.4) is 0 Å². The molecule has 1 aromatic rings. The number of alkyl carbamates (subject to hydrolysis) is 1. The summed E-state index contributed by atoms with van der Waals surface area (Å²) in [6.45, 7) is 12.8. The summed E-state index contributed by atoms with van der Waals surface area (Å²) in [4.78, 5) is 65.0. The lowest BCUT2D eigenvalue weighted by Crippen LogP contribution is -2.61. The molecule has 11 nitrogen and oxygen atoms in total. The number of esters is 1. The van der Waals surface area contributed by atoms with Gasteiger partial charge in [0.2, 0.25) is 17.7 Å². The van der Waals surface area contributed by atoms with Gasteiger partial charge in [0, 0.05) is 19.2 Å². The number of rotatable bonds is 11. The van der Waals surface area contributed by atoms with Crippen molar-refractivity contribution in [1.29, 1.82) is 0 Å². The molecule has 0 spiro atoms. The molecule has 0 aliphatic heterocycles. The van der Waals surface area contributed by atoms with E-state index in [2.05, 4.69) is 28.6 Å². The van der Waals surface area contributed by atoms with Gasteiger partial charge in [0.25, 0.3) is 0 Å². The fourth-order valence-corrected chi connectivity index (χ4v) is 3.97. The molecule has 12 heteroatoms. The van der Waals surface area contributed by atoms with Crippen molar-refractivity contribution in [1.82, 2.24) is 20.9 Å². The van der Waals surface area contributed by atoms with Gasteiger partial charge in [0.15, 0.2) is 0 Å². The molecule has 1 aromatic carbocycles. The van der Waals surface area contributed by atoms with Crippen molar-refractivity contribution in [2.75, 3.05) is 19.3 Å². The van der Waals surface area contributed by atoms with Crippen molar-refractivity contribution in [3.05, 3.63) is 35.9 Å². The van der Waals surface area contributed by atoms with Crippen LogP contribution in [0.2, 0.25) is 0 Å². The molecule has 0 saturated heterocycles. The van der Waals surface area contributed by atoms with Crippen LogP contribution in [-0.2, 0) is 35.1 Å². The van der Waals surface area contributed by atoms with E-state index in [-0.39, 0.29) is 12.2 Å². The Balaban J connectivity index is 2.95. The average molecular weight is 581 g/mol. The van der Waals surface area contributed by atoms with Crippen LogP contribution in [0.1, 0.15) is 61.0 Å². The first-order chi connectivity index (χ1) is 18.3. The highest BCUT2D eigenvalue weighted by atomic mass is 32.1. The normalized spacial score (nSPS) is 13.3. The lowest BCUT2D eigenvalue weighted by Gasteiger charge is -2.34. The molecule has 224 valence electrons. The van der Waals surface area contributed by atoms with E-state index in [0.717, 1.165) is 5.56 Å². The van der Waals surface area contributed by atoms with Crippen LogP contribution >= 0.6 is 12.6 Å². The molecule has 0 aliphatic rings. The Bertz CT molecular complexity index is 1050. The van der Waals surface area contributed by atoms with Gasteiger partial charge in [-0.15, -0.1) is 0 Å². The van der Waals surface area contributed by atoms with Crippen molar-refractivity contribution in [2.24, 2.45) is 0 Å². The van der Waals surface area contributed by atoms with Crippen molar-refractivity contribution in [3.63, 3.8) is 0 Å². The highest BCUT2D eigenvalue weighted by Gasteiger charge is 2.38. The first-order valence-electron chi connectivity index (χ1n) is 13.0. The topological polar surface area (TPSA) is 143 Å². The van der Waals surface area contributed by atoms with Gasteiger partial charge in [0.05, 0.1) is 0 Å². The number of carbonyl (C=O) groups is 5. The minimum Gasteiger partial charge on any atom is -0.458 e. The van der Waals surface area contributed by atoms with Crippen LogP contribution in [0, 0.1) is 0 Å². The number of carbonyl (C=O) groups excluding carboxylic acids is 5. The second-order valence-corrected chi connectivity index (χ2v) is 12.3. The van der Waals surface area contributed by atoms with E-state index in [1.165, 1.54) is 25.8 Å². The third-order valence-electron chi connectivity index (χ3n) is 5.33. The van der Waals surface area contributed by atoms with Gasteiger partial charge >= 0.3 is 12.1 Å². The van der Waals surface area contributed by atoms with E-state index < -0.39 is 65.2 Å². The molecule has 0 saturated carbocycles. The van der Waals surface area contributed by atoms with E-state index in [0.29, 0.717) is 0 Å². The SMILES string of the molecule is CN(C(=O)C(C)(C)NC(=O)CNC(=O)OC(C)(C)C)[C@@H](CS)C(=O)N[C@@H](Cc1ccccc1)C(=O)OC(C)(C)C. The van der Waals surface area contributed by atoms with E-state index in [1.54, 1.807) is 41.5 Å². The molecule has 0 aromatic heterocycles. The number of nitrogens with zero attached hydrogens (tertiary/aromatic N) is 1. The van der Waals surface area contributed by atoms with Crippen LogP contribution in [0.15, 0.2) is 30.3 Å². The minimum absolute atomic E-state index is 0.0509. The molecule has 0 aliphatic carbocycles. The third kappa shape index (κ3) is 12.3. The van der Waals surface area contributed by atoms with Gasteiger partial charge in [-0.25, -0.2) is 9.59 Å². The molecule has 0 heterocycles. The summed E-state index contributed by atoms with van der Waals surface area (Å²) in [7, 11) is 1.41. The lowest BCUT2D eigenvalue weighted by atomic mass is 10.0. The van der Waals surface area contributed by atoms with Crippen molar-refractivity contribution < 1.29 is 33.4 Å². The van der Waals surface area contributed by atoms with E-state index in [1.807, 2.05) is 30.3 Å². The molecule has 40 heavy (non-hydrogen) atoms. The molecular formula is C28H44N4O7S. The highest BCUT2D eigenvalue weighted by molar-refractivity contribution is 7.80. The number of nitrogens with one attached hydrogen (secondary N) is 3. The highest BCUT2D eigenvalue weighted by Crippen LogP contribution is 2.15. The zero-order valence-electron chi connectivity index (χ0n) is 24.9.